The molecule has 1 N–H and O–H groups in total. The van der Waals surface area contributed by atoms with Gasteiger partial charge in [-0.3, -0.25) is 9.59 Å². The van der Waals surface area contributed by atoms with Crippen LogP contribution in [0, 0.1) is 0 Å². The third-order valence-corrected chi connectivity index (χ3v) is 6.88. The lowest BCUT2D eigenvalue weighted by Crippen LogP contribution is -2.29. The number of carbonyl (C=O) groups excluding carboxylic acids is 2. The number of thioether (sulfide) groups is 1. The number of para-hydroxylation sites is 2. The summed E-state index contributed by atoms with van der Waals surface area (Å²) in [6, 6.07) is 14.6. The Labute approximate surface area is 208 Å². The largest absolute Gasteiger partial charge is 0.496 e. The standard InChI is InChI=1S/C26H29N5O3S/c1-5-30-15-20(18-11-7-9-13-21(18)30)22(32)16-35-26-29-28-24(31(26)6-2)17(3)27-25(33)19-12-8-10-14-23(19)34-4/h7-15,17H,5-6,16H2,1-4H3,(H,27,33). The number of methoxy groups -OCH3 is 1. The fraction of sp³-hybridized carbons (Fsp3) is 0.308. The second-order valence-electron chi connectivity index (χ2n) is 8.04. The molecule has 0 aliphatic rings. The van der Waals surface area contributed by atoms with Crippen LogP contribution in [-0.2, 0) is 13.1 Å². The average Bonchev–Trinajstić information content (AvgIpc) is 3.48. The van der Waals surface area contributed by atoms with Crippen LogP contribution in [0.4, 0.5) is 0 Å². The first kappa shape index (κ1) is 24.5. The molecular formula is C26H29N5O3S. The first-order valence-corrected chi connectivity index (χ1v) is 12.6. The zero-order valence-corrected chi connectivity index (χ0v) is 21.1. The lowest BCUT2D eigenvalue weighted by Gasteiger charge is -2.16. The van der Waals surface area contributed by atoms with Gasteiger partial charge in [-0.1, -0.05) is 42.1 Å². The molecule has 1 unspecified atom stereocenters. The topological polar surface area (TPSA) is 91.0 Å². The summed E-state index contributed by atoms with van der Waals surface area (Å²) in [6.07, 6.45) is 1.93. The number of hydrogen-bond donors (Lipinski definition) is 1. The van der Waals surface area contributed by atoms with Crippen molar-refractivity contribution in [1.29, 1.82) is 0 Å². The van der Waals surface area contributed by atoms with Gasteiger partial charge in [-0.25, -0.2) is 0 Å². The van der Waals surface area contributed by atoms with Gasteiger partial charge in [0.2, 0.25) is 0 Å². The number of carbonyl (C=O) groups is 2. The smallest absolute Gasteiger partial charge is 0.255 e. The summed E-state index contributed by atoms with van der Waals surface area (Å²) < 4.78 is 9.32. The van der Waals surface area contributed by atoms with Crippen LogP contribution in [0.2, 0.25) is 0 Å². The van der Waals surface area contributed by atoms with Crippen molar-refractivity contribution in [3.05, 3.63) is 71.7 Å². The third-order valence-electron chi connectivity index (χ3n) is 5.91. The van der Waals surface area contributed by atoms with E-state index in [9.17, 15) is 9.59 Å². The highest BCUT2D eigenvalue weighted by atomic mass is 32.2. The van der Waals surface area contributed by atoms with Gasteiger partial charge >= 0.3 is 0 Å². The number of benzene rings is 2. The minimum atomic E-state index is -0.382. The van der Waals surface area contributed by atoms with E-state index in [1.54, 1.807) is 18.2 Å². The normalized spacial score (nSPS) is 12.0. The van der Waals surface area contributed by atoms with Gasteiger partial charge < -0.3 is 19.2 Å². The number of hydrogen-bond acceptors (Lipinski definition) is 6. The first-order chi connectivity index (χ1) is 17.0. The van der Waals surface area contributed by atoms with Gasteiger partial charge in [0, 0.05) is 35.8 Å². The Morgan fingerprint density at radius 3 is 2.51 bits per heavy atom. The molecule has 4 aromatic rings. The Morgan fingerprint density at radius 2 is 1.77 bits per heavy atom. The van der Waals surface area contributed by atoms with Crippen LogP contribution in [0.5, 0.6) is 5.75 Å². The van der Waals surface area contributed by atoms with E-state index in [0.717, 1.165) is 23.0 Å². The SMILES string of the molecule is CCn1c(SCC(=O)c2cn(CC)c3ccccc23)nnc1C(C)NC(=O)c1ccccc1OC. The number of nitrogens with one attached hydrogen (secondary N) is 1. The summed E-state index contributed by atoms with van der Waals surface area (Å²) in [5, 5.41) is 13.2. The number of Topliss-reactive ketones (excluding diaryl/α,β-unsaturated/α-hetero) is 1. The van der Waals surface area contributed by atoms with Crippen LogP contribution >= 0.6 is 11.8 Å². The van der Waals surface area contributed by atoms with Crippen LogP contribution in [0.25, 0.3) is 10.9 Å². The van der Waals surface area contributed by atoms with E-state index in [0.29, 0.717) is 28.8 Å². The minimum Gasteiger partial charge on any atom is -0.496 e. The van der Waals surface area contributed by atoms with E-state index in [4.69, 9.17) is 4.74 Å². The Hall–Kier alpha value is -3.59. The van der Waals surface area contributed by atoms with Crippen molar-refractivity contribution in [2.24, 2.45) is 0 Å². The zero-order chi connectivity index (χ0) is 24.9. The summed E-state index contributed by atoms with van der Waals surface area (Å²) in [5.41, 5.74) is 2.23. The maximum atomic E-state index is 13.1. The maximum Gasteiger partial charge on any atom is 0.255 e. The molecule has 1 amide bonds. The molecule has 2 aromatic heterocycles. The van der Waals surface area contributed by atoms with Crippen molar-refractivity contribution in [2.45, 2.75) is 45.1 Å². The number of ketones is 1. The molecule has 2 aromatic carbocycles. The molecular weight excluding hydrogens is 462 g/mol. The molecule has 0 fully saturated rings. The molecule has 1 atom stereocenters. The molecule has 0 bridgehead atoms. The summed E-state index contributed by atoms with van der Waals surface area (Å²) >= 11 is 1.36. The van der Waals surface area contributed by atoms with Gasteiger partial charge in [0.25, 0.3) is 5.91 Å². The first-order valence-electron chi connectivity index (χ1n) is 11.6. The van der Waals surface area contributed by atoms with Gasteiger partial charge in [0.15, 0.2) is 16.8 Å². The fourth-order valence-electron chi connectivity index (χ4n) is 4.13. The van der Waals surface area contributed by atoms with Crippen molar-refractivity contribution in [1.82, 2.24) is 24.6 Å². The number of aryl methyl sites for hydroxylation is 1. The number of aromatic nitrogens is 4. The van der Waals surface area contributed by atoms with Crippen LogP contribution in [-0.4, -0.2) is 43.9 Å². The van der Waals surface area contributed by atoms with Crippen molar-refractivity contribution >= 4 is 34.4 Å². The molecule has 2 heterocycles. The highest BCUT2D eigenvalue weighted by molar-refractivity contribution is 7.99. The van der Waals surface area contributed by atoms with Gasteiger partial charge in [-0.05, 0) is 39.0 Å². The molecule has 0 aliphatic carbocycles. The maximum absolute atomic E-state index is 13.1. The van der Waals surface area contributed by atoms with E-state index in [1.807, 2.05) is 54.9 Å². The van der Waals surface area contributed by atoms with E-state index in [1.165, 1.54) is 18.9 Å². The van der Waals surface area contributed by atoms with Gasteiger partial charge in [-0.2, -0.15) is 0 Å². The average molecular weight is 492 g/mol. The predicted octanol–water partition coefficient (Wildman–Crippen LogP) is 4.75. The van der Waals surface area contributed by atoms with Gasteiger partial charge in [0.1, 0.15) is 5.75 Å². The summed E-state index contributed by atoms with van der Waals surface area (Å²) in [7, 11) is 1.54. The number of nitrogens with zero attached hydrogens (tertiary/aromatic N) is 4. The third kappa shape index (κ3) is 4.95. The van der Waals surface area contributed by atoms with Crippen LogP contribution in [0.1, 0.15) is 53.4 Å². The van der Waals surface area contributed by atoms with Crippen molar-refractivity contribution in [3.63, 3.8) is 0 Å². The predicted molar refractivity (Wildman–Crippen MR) is 137 cm³/mol. The Kier molecular flexibility index (Phi) is 7.55. The van der Waals surface area contributed by atoms with E-state index in [-0.39, 0.29) is 23.5 Å². The number of amides is 1. The molecule has 9 heteroatoms. The van der Waals surface area contributed by atoms with Crippen molar-refractivity contribution < 1.29 is 14.3 Å². The lowest BCUT2D eigenvalue weighted by atomic mass is 10.1. The Bertz CT molecular complexity index is 1360. The number of fused-ring (bicyclic) bond motifs is 1. The summed E-state index contributed by atoms with van der Waals surface area (Å²) in [4.78, 5) is 25.9. The highest BCUT2D eigenvalue weighted by Gasteiger charge is 2.22. The molecule has 182 valence electrons. The number of rotatable bonds is 10. The number of ether oxygens (including phenoxy) is 1. The second-order valence-corrected chi connectivity index (χ2v) is 8.98. The Balaban J connectivity index is 1.48. The molecule has 0 spiro atoms. The lowest BCUT2D eigenvalue weighted by molar-refractivity contribution is 0.0933. The molecule has 0 saturated carbocycles. The molecule has 0 radical (unpaired) electrons. The van der Waals surface area contributed by atoms with Crippen molar-refractivity contribution in [2.75, 3.05) is 12.9 Å². The fourth-order valence-corrected chi connectivity index (χ4v) is 5.03. The molecule has 8 nitrogen and oxygen atoms in total. The zero-order valence-electron chi connectivity index (χ0n) is 20.3. The molecule has 4 rings (SSSR count). The Morgan fingerprint density at radius 1 is 1.03 bits per heavy atom. The highest BCUT2D eigenvalue weighted by Crippen LogP contribution is 2.26. The quantitative estimate of drug-likeness (QED) is 0.254. The van der Waals surface area contributed by atoms with Crippen LogP contribution < -0.4 is 10.1 Å². The van der Waals surface area contributed by atoms with E-state index < -0.39 is 0 Å². The van der Waals surface area contributed by atoms with Crippen molar-refractivity contribution in [3.8, 4) is 5.75 Å². The monoisotopic (exact) mass is 491 g/mol. The van der Waals surface area contributed by atoms with E-state index in [2.05, 4.69) is 27.0 Å². The molecule has 0 aliphatic heterocycles. The summed E-state index contributed by atoms with van der Waals surface area (Å²) in [6.45, 7) is 7.33. The molecule has 35 heavy (non-hydrogen) atoms. The minimum absolute atomic E-state index is 0.0446. The molecule has 0 saturated heterocycles. The van der Waals surface area contributed by atoms with Gasteiger partial charge in [0.05, 0.1) is 24.5 Å². The van der Waals surface area contributed by atoms with Crippen LogP contribution in [0.3, 0.4) is 0 Å². The van der Waals surface area contributed by atoms with Gasteiger partial charge in [-0.15, -0.1) is 10.2 Å². The second kappa shape index (κ2) is 10.8. The van der Waals surface area contributed by atoms with Crippen LogP contribution in [0.15, 0.2) is 59.9 Å². The van der Waals surface area contributed by atoms with E-state index >= 15 is 0 Å². The summed E-state index contributed by atoms with van der Waals surface area (Å²) in [5.74, 6) is 1.18.